The number of alkyl halides is 3. The summed E-state index contributed by atoms with van der Waals surface area (Å²) in [5.74, 6) is -3.64. The molecule has 35 heavy (non-hydrogen) atoms. The molecule has 0 saturated carbocycles. The first-order chi connectivity index (χ1) is 16.5. The third-order valence-corrected chi connectivity index (χ3v) is 5.58. The lowest BCUT2D eigenvalue weighted by atomic mass is 10.1. The number of carbonyl (C=O) groups is 2. The fraction of sp³-hybridized carbons (Fsp3) is 0.130. The first kappa shape index (κ1) is 25.7. The lowest BCUT2D eigenvalue weighted by Gasteiger charge is -2.10. The molecule has 0 aliphatic heterocycles. The molecule has 182 valence electrons. The minimum absolute atomic E-state index is 0.318. The molecule has 0 spiro atoms. The zero-order chi connectivity index (χ0) is 25.6. The molecule has 12 heteroatoms. The van der Waals surface area contributed by atoms with Crippen LogP contribution in [0.5, 0.6) is 0 Å². The zero-order valence-corrected chi connectivity index (χ0v) is 18.6. The highest BCUT2D eigenvalue weighted by atomic mass is 32.2. The Labute approximate surface area is 200 Å². The Hall–Kier alpha value is -3.93. The fourth-order valence-electron chi connectivity index (χ4n) is 2.95. The number of nitrogens with zero attached hydrogens (tertiary/aromatic N) is 3. The van der Waals surface area contributed by atoms with E-state index >= 15 is 0 Å². The van der Waals surface area contributed by atoms with Crippen LogP contribution in [-0.2, 0) is 28.1 Å². The van der Waals surface area contributed by atoms with Crippen molar-refractivity contribution >= 4 is 34.9 Å². The number of carboxylic acids is 2. The van der Waals surface area contributed by atoms with Crippen molar-refractivity contribution in [1.82, 2.24) is 14.5 Å². The SMILES string of the molecule is Fc1ccc(Cn2c(SCc3cccc(C(F)(F)F)c3)nc3cccnc32)cc1.O=C(O)C(=O)O. The summed E-state index contributed by atoms with van der Waals surface area (Å²) in [6.45, 7) is 0.429. The van der Waals surface area contributed by atoms with Crippen molar-refractivity contribution in [2.75, 3.05) is 0 Å². The molecule has 0 aliphatic carbocycles. The number of rotatable bonds is 5. The van der Waals surface area contributed by atoms with Gasteiger partial charge in [-0.15, -0.1) is 0 Å². The molecule has 0 bridgehead atoms. The molecule has 0 saturated heterocycles. The first-order valence-corrected chi connectivity index (χ1v) is 10.8. The Morgan fingerprint density at radius 1 is 0.943 bits per heavy atom. The van der Waals surface area contributed by atoms with Crippen LogP contribution in [0.3, 0.4) is 0 Å². The van der Waals surface area contributed by atoms with E-state index in [0.717, 1.165) is 17.7 Å². The molecule has 7 nitrogen and oxygen atoms in total. The first-order valence-electron chi connectivity index (χ1n) is 9.85. The van der Waals surface area contributed by atoms with Crippen LogP contribution in [0.2, 0.25) is 0 Å². The topological polar surface area (TPSA) is 105 Å². The molecule has 2 N–H and O–H groups in total. The van der Waals surface area contributed by atoms with Crippen molar-refractivity contribution in [3.8, 4) is 0 Å². The zero-order valence-electron chi connectivity index (χ0n) is 17.7. The van der Waals surface area contributed by atoms with Gasteiger partial charge in [-0.2, -0.15) is 13.2 Å². The van der Waals surface area contributed by atoms with Gasteiger partial charge in [0, 0.05) is 11.9 Å². The van der Waals surface area contributed by atoms with Crippen molar-refractivity contribution < 1.29 is 37.4 Å². The van der Waals surface area contributed by atoms with Crippen molar-refractivity contribution in [3.63, 3.8) is 0 Å². The van der Waals surface area contributed by atoms with E-state index in [2.05, 4.69) is 9.97 Å². The Balaban J connectivity index is 0.000000509. The van der Waals surface area contributed by atoms with Crippen molar-refractivity contribution in [2.45, 2.75) is 23.6 Å². The van der Waals surface area contributed by atoms with Crippen LogP contribution in [0, 0.1) is 5.82 Å². The monoisotopic (exact) mass is 507 g/mol. The quantitative estimate of drug-likeness (QED) is 0.220. The Morgan fingerprint density at radius 3 is 2.26 bits per heavy atom. The average molecular weight is 507 g/mol. The summed E-state index contributed by atoms with van der Waals surface area (Å²) in [7, 11) is 0. The van der Waals surface area contributed by atoms with Gasteiger partial charge in [0.15, 0.2) is 10.8 Å². The van der Waals surface area contributed by atoms with Crippen molar-refractivity contribution in [2.24, 2.45) is 0 Å². The minimum atomic E-state index is -4.37. The highest BCUT2D eigenvalue weighted by Crippen LogP contribution is 2.32. The number of aromatic nitrogens is 3. The number of aliphatic carboxylic acids is 2. The largest absolute Gasteiger partial charge is 0.473 e. The van der Waals surface area contributed by atoms with E-state index in [9.17, 15) is 17.6 Å². The van der Waals surface area contributed by atoms with Crippen LogP contribution in [0.25, 0.3) is 11.2 Å². The van der Waals surface area contributed by atoms with Gasteiger partial charge < -0.3 is 10.2 Å². The predicted octanol–water partition coefficient (Wildman–Crippen LogP) is 5.09. The Bertz CT molecular complexity index is 1330. The smallest absolute Gasteiger partial charge is 0.416 e. The maximum absolute atomic E-state index is 13.2. The molecule has 2 heterocycles. The highest BCUT2D eigenvalue weighted by molar-refractivity contribution is 7.98. The summed E-state index contributed by atoms with van der Waals surface area (Å²) in [6, 6.07) is 15.0. The van der Waals surface area contributed by atoms with Crippen LogP contribution in [0.4, 0.5) is 17.6 Å². The van der Waals surface area contributed by atoms with Gasteiger partial charge in [0.2, 0.25) is 0 Å². The van der Waals surface area contributed by atoms with E-state index in [-0.39, 0.29) is 5.82 Å². The summed E-state index contributed by atoms with van der Waals surface area (Å²) in [5, 5.41) is 15.4. The lowest BCUT2D eigenvalue weighted by molar-refractivity contribution is -0.159. The summed E-state index contributed by atoms with van der Waals surface area (Å²) in [5.41, 5.74) is 2.12. The second kappa shape index (κ2) is 11.0. The third kappa shape index (κ3) is 7.03. The van der Waals surface area contributed by atoms with Gasteiger partial charge in [0.05, 0.1) is 12.1 Å². The molecule has 0 unspecified atom stereocenters. The van der Waals surface area contributed by atoms with Crippen LogP contribution < -0.4 is 0 Å². The Kier molecular flexibility index (Phi) is 8.07. The van der Waals surface area contributed by atoms with Crippen LogP contribution in [0.15, 0.2) is 72.0 Å². The average Bonchev–Trinajstić information content (AvgIpc) is 3.16. The number of hydrogen-bond acceptors (Lipinski definition) is 5. The van der Waals surface area contributed by atoms with E-state index in [0.29, 0.717) is 34.2 Å². The van der Waals surface area contributed by atoms with Gasteiger partial charge in [-0.05, 0) is 41.5 Å². The normalized spacial score (nSPS) is 11.1. The van der Waals surface area contributed by atoms with Gasteiger partial charge in [0.1, 0.15) is 11.3 Å². The van der Waals surface area contributed by atoms with Crippen molar-refractivity contribution in [1.29, 1.82) is 0 Å². The summed E-state index contributed by atoms with van der Waals surface area (Å²) in [6.07, 6.45) is -2.72. The molecule has 0 amide bonds. The number of hydrogen-bond donors (Lipinski definition) is 2. The summed E-state index contributed by atoms with van der Waals surface area (Å²) in [4.78, 5) is 27.2. The molecule has 0 aliphatic rings. The van der Waals surface area contributed by atoms with Gasteiger partial charge in [-0.25, -0.2) is 23.9 Å². The Morgan fingerprint density at radius 2 is 1.63 bits per heavy atom. The number of fused-ring (bicyclic) bond motifs is 1. The molecule has 4 rings (SSSR count). The molecule has 0 fully saturated rings. The van der Waals surface area contributed by atoms with Gasteiger partial charge in [0.25, 0.3) is 0 Å². The fourth-order valence-corrected chi connectivity index (χ4v) is 3.89. The summed E-state index contributed by atoms with van der Waals surface area (Å²) < 4.78 is 53.9. The second-order valence-corrected chi connectivity index (χ2v) is 7.99. The molecule has 2 aromatic heterocycles. The maximum atomic E-state index is 13.2. The van der Waals surface area contributed by atoms with E-state index in [1.165, 1.54) is 30.0 Å². The highest BCUT2D eigenvalue weighted by Gasteiger charge is 2.30. The number of imidazole rings is 1. The van der Waals surface area contributed by atoms with Crippen LogP contribution in [0.1, 0.15) is 16.7 Å². The number of carboxylic acid groups (broad SMARTS) is 2. The number of halogens is 4. The standard InChI is InChI=1S/C21H15F4N3S.C2H2O4/c22-17-8-6-14(7-9-17)12-28-19-18(5-2-10-26-19)27-20(28)29-13-15-3-1-4-16(11-15)21(23,24)25;3-1(4)2(5)6/h1-11H,12-13H2;(H,3,4)(H,5,6). The molecular formula is C23H17F4N3O4S. The van der Waals surface area contributed by atoms with Crippen LogP contribution in [-0.4, -0.2) is 36.7 Å². The van der Waals surface area contributed by atoms with Crippen molar-refractivity contribution in [3.05, 3.63) is 89.4 Å². The second-order valence-electron chi connectivity index (χ2n) is 7.05. The van der Waals surface area contributed by atoms with E-state index in [1.54, 1.807) is 30.5 Å². The van der Waals surface area contributed by atoms with Gasteiger partial charge in [-0.1, -0.05) is 42.1 Å². The molecule has 0 atom stereocenters. The molecular weight excluding hydrogens is 490 g/mol. The van der Waals surface area contributed by atoms with Gasteiger partial charge in [-0.3, -0.25) is 4.57 Å². The molecule has 2 aromatic carbocycles. The lowest BCUT2D eigenvalue weighted by Crippen LogP contribution is -2.09. The van der Waals surface area contributed by atoms with Crippen LogP contribution >= 0.6 is 11.8 Å². The minimum Gasteiger partial charge on any atom is -0.473 e. The maximum Gasteiger partial charge on any atom is 0.416 e. The number of thioether (sulfide) groups is 1. The summed E-state index contributed by atoms with van der Waals surface area (Å²) >= 11 is 1.34. The van der Waals surface area contributed by atoms with E-state index < -0.39 is 23.7 Å². The van der Waals surface area contributed by atoms with E-state index in [1.807, 2.05) is 10.6 Å². The third-order valence-electron chi connectivity index (χ3n) is 4.53. The predicted molar refractivity (Wildman–Crippen MR) is 119 cm³/mol. The van der Waals surface area contributed by atoms with Gasteiger partial charge >= 0.3 is 18.1 Å². The number of pyridine rings is 1. The number of benzene rings is 2. The van der Waals surface area contributed by atoms with E-state index in [4.69, 9.17) is 19.8 Å². The molecule has 0 radical (unpaired) electrons. The molecule has 4 aromatic rings.